The van der Waals surface area contributed by atoms with Crippen molar-refractivity contribution in [2.75, 3.05) is 26.2 Å². The van der Waals surface area contributed by atoms with Crippen molar-refractivity contribution < 1.29 is 9.53 Å². The van der Waals surface area contributed by atoms with Crippen LogP contribution in [0.15, 0.2) is 36.9 Å². The van der Waals surface area contributed by atoms with Gasteiger partial charge in [-0.25, -0.2) is 0 Å². The minimum atomic E-state index is -0.0353. The van der Waals surface area contributed by atoms with Crippen LogP contribution in [0.4, 0.5) is 0 Å². The first-order chi connectivity index (χ1) is 12.8. The van der Waals surface area contributed by atoms with Gasteiger partial charge in [-0.3, -0.25) is 9.36 Å². The Labute approximate surface area is 153 Å². The summed E-state index contributed by atoms with van der Waals surface area (Å²) in [6, 6.07) is 7.76. The van der Waals surface area contributed by atoms with Crippen LogP contribution in [0.1, 0.15) is 36.0 Å². The van der Waals surface area contributed by atoms with E-state index in [0.717, 1.165) is 44.8 Å². The van der Waals surface area contributed by atoms with E-state index in [-0.39, 0.29) is 11.9 Å². The highest BCUT2D eigenvalue weighted by Gasteiger charge is 2.25. The smallest absolute Gasteiger partial charge is 0.253 e. The summed E-state index contributed by atoms with van der Waals surface area (Å²) in [7, 11) is 0. The summed E-state index contributed by atoms with van der Waals surface area (Å²) < 4.78 is 7.49. The number of piperidine rings is 1. The van der Waals surface area contributed by atoms with Gasteiger partial charge in [0.1, 0.15) is 12.7 Å². The van der Waals surface area contributed by atoms with E-state index in [4.69, 9.17) is 4.74 Å². The molecule has 1 aromatic heterocycles. The molecule has 7 heteroatoms. The highest BCUT2D eigenvalue weighted by Crippen LogP contribution is 2.18. The second-order valence-electron chi connectivity index (χ2n) is 7.07. The quantitative estimate of drug-likeness (QED) is 0.883. The van der Waals surface area contributed by atoms with Crippen molar-refractivity contribution in [2.24, 2.45) is 0 Å². The fraction of sp³-hybridized carbons (Fsp3) is 0.526. The Morgan fingerprint density at radius 2 is 1.92 bits per heavy atom. The normalized spacial score (nSPS) is 21.8. The van der Waals surface area contributed by atoms with E-state index >= 15 is 0 Å². The third-order valence-electron chi connectivity index (χ3n) is 5.25. The van der Waals surface area contributed by atoms with Crippen molar-refractivity contribution in [2.45, 2.75) is 37.8 Å². The molecule has 1 N–H and O–H groups in total. The number of nitrogens with one attached hydrogen (secondary N) is 1. The van der Waals surface area contributed by atoms with Crippen molar-refractivity contribution in [3.63, 3.8) is 0 Å². The number of likely N-dealkylation sites (tertiary alicyclic amines) is 1. The molecule has 2 fully saturated rings. The molecular weight excluding hydrogens is 330 g/mol. The zero-order chi connectivity index (χ0) is 17.8. The number of nitrogens with zero attached hydrogens (tertiary/aromatic N) is 4. The van der Waals surface area contributed by atoms with Gasteiger partial charge in [0.2, 0.25) is 0 Å². The highest BCUT2D eigenvalue weighted by molar-refractivity contribution is 5.97. The van der Waals surface area contributed by atoms with Crippen LogP contribution in [0, 0.1) is 0 Å². The number of carbonyl (C=O) groups is 1. The molecule has 0 aliphatic carbocycles. The van der Waals surface area contributed by atoms with Crippen molar-refractivity contribution in [1.29, 1.82) is 0 Å². The third kappa shape index (κ3) is 3.94. The highest BCUT2D eigenvalue weighted by atomic mass is 16.5. The predicted octanol–water partition coefficient (Wildman–Crippen LogP) is 1.64. The lowest BCUT2D eigenvalue weighted by molar-refractivity contribution is 0.0613. The fourth-order valence-electron chi connectivity index (χ4n) is 3.82. The Bertz CT molecular complexity index is 719. The van der Waals surface area contributed by atoms with Gasteiger partial charge in [0.25, 0.3) is 5.91 Å². The molecule has 1 atom stereocenters. The van der Waals surface area contributed by atoms with E-state index < -0.39 is 0 Å². The standard InChI is InChI=1S/C19H25N5O2/c25-19(17-5-1-2-6-18(17)24-13-20-21-14-24)22-15-7-9-23(10-8-15)12-16-4-3-11-26-16/h1-2,5-6,13-16H,3-4,7-12H2,(H,22,25). The molecule has 1 aromatic carbocycles. The van der Waals surface area contributed by atoms with Gasteiger partial charge in [-0.2, -0.15) is 0 Å². The van der Waals surface area contributed by atoms with E-state index in [1.807, 2.05) is 24.3 Å². The first-order valence-corrected chi connectivity index (χ1v) is 9.38. The lowest BCUT2D eigenvalue weighted by atomic mass is 10.0. The Morgan fingerprint density at radius 3 is 2.65 bits per heavy atom. The zero-order valence-electron chi connectivity index (χ0n) is 14.9. The fourth-order valence-corrected chi connectivity index (χ4v) is 3.82. The molecule has 2 aliphatic heterocycles. The van der Waals surface area contributed by atoms with E-state index in [1.165, 1.54) is 12.8 Å². The number of hydrogen-bond acceptors (Lipinski definition) is 5. The van der Waals surface area contributed by atoms with Gasteiger partial charge < -0.3 is 15.0 Å². The number of carbonyl (C=O) groups excluding carboxylic acids is 1. The molecule has 2 aliphatic rings. The molecule has 3 heterocycles. The average molecular weight is 355 g/mol. The van der Waals surface area contributed by atoms with Crippen molar-refractivity contribution in [1.82, 2.24) is 25.0 Å². The Morgan fingerprint density at radius 1 is 1.15 bits per heavy atom. The van der Waals surface area contributed by atoms with Gasteiger partial charge in [0.05, 0.1) is 17.4 Å². The number of hydrogen-bond donors (Lipinski definition) is 1. The second-order valence-corrected chi connectivity index (χ2v) is 7.07. The molecule has 0 saturated carbocycles. The van der Waals surface area contributed by atoms with Crippen LogP contribution in [-0.2, 0) is 4.74 Å². The summed E-state index contributed by atoms with van der Waals surface area (Å²) in [5.41, 5.74) is 1.44. The molecule has 0 spiro atoms. The Kier molecular flexibility index (Phi) is 5.26. The van der Waals surface area contributed by atoms with Crippen molar-refractivity contribution in [3.8, 4) is 5.69 Å². The first kappa shape index (κ1) is 17.2. The van der Waals surface area contributed by atoms with E-state index in [1.54, 1.807) is 17.2 Å². The first-order valence-electron chi connectivity index (χ1n) is 9.38. The third-order valence-corrected chi connectivity index (χ3v) is 5.25. The van der Waals surface area contributed by atoms with Crippen LogP contribution < -0.4 is 5.32 Å². The molecule has 1 amide bonds. The number of benzene rings is 1. The number of ether oxygens (including phenoxy) is 1. The van der Waals surface area contributed by atoms with E-state index in [9.17, 15) is 4.79 Å². The molecule has 0 radical (unpaired) electrons. The molecule has 26 heavy (non-hydrogen) atoms. The largest absolute Gasteiger partial charge is 0.377 e. The van der Waals surface area contributed by atoms with Gasteiger partial charge in [-0.1, -0.05) is 12.1 Å². The van der Waals surface area contributed by atoms with Gasteiger partial charge in [-0.05, 0) is 37.8 Å². The Hall–Kier alpha value is -2.25. The summed E-state index contributed by atoms with van der Waals surface area (Å²) in [5.74, 6) is -0.0353. The number of rotatable bonds is 5. The Balaban J connectivity index is 1.33. The summed E-state index contributed by atoms with van der Waals surface area (Å²) in [6.07, 6.45) is 7.93. The summed E-state index contributed by atoms with van der Waals surface area (Å²) in [4.78, 5) is 15.3. The van der Waals surface area contributed by atoms with Gasteiger partial charge in [-0.15, -0.1) is 10.2 Å². The number of aromatic nitrogens is 3. The number of para-hydroxylation sites is 1. The lowest BCUT2D eigenvalue weighted by Gasteiger charge is -2.33. The maximum absolute atomic E-state index is 12.8. The lowest BCUT2D eigenvalue weighted by Crippen LogP contribution is -2.46. The maximum Gasteiger partial charge on any atom is 0.253 e. The molecule has 2 saturated heterocycles. The maximum atomic E-state index is 12.8. The van der Waals surface area contributed by atoms with Crippen molar-refractivity contribution in [3.05, 3.63) is 42.5 Å². The van der Waals surface area contributed by atoms with Gasteiger partial charge in [0.15, 0.2) is 0 Å². The van der Waals surface area contributed by atoms with E-state index in [2.05, 4.69) is 20.4 Å². The van der Waals surface area contributed by atoms with Crippen LogP contribution in [0.3, 0.4) is 0 Å². The topological polar surface area (TPSA) is 72.3 Å². The SMILES string of the molecule is O=C(NC1CCN(CC2CCCO2)CC1)c1ccccc1-n1cnnc1. The molecule has 1 unspecified atom stereocenters. The molecule has 2 aromatic rings. The van der Waals surface area contributed by atoms with Crippen LogP contribution in [-0.4, -0.2) is 64.0 Å². The molecule has 4 rings (SSSR count). The summed E-state index contributed by atoms with van der Waals surface area (Å²) in [6.45, 7) is 3.95. The average Bonchev–Trinajstić information content (AvgIpc) is 3.37. The van der Waals surface area contributed by atoms with Crippen LogP contribution >= 0.6 is 0 Å². The molecule has 0 bridgehead atoms. The van der Waals surface area contributed by atoms with Gasteiger partial charge in [0, 0.05) is 32.3 Å². The minimum absolute atomic E-state index is 0.0353. The zero-order valence-corrected chi connectivity index (χ0v) is 14.9. The molecule has 7 nitrogen and oxygen atoms in total. The second kappa shape index (κ2) is 7.97. The van der Waals surface area contributed by atoms with Crippen LogP contribution in [0.5, 0.6) is 0 Å². The number of amides is 1. The van der Waals surface area contributed by atoms with Crippen LogP contribution in [0.25, 0.3) is 5.69 Å². The van der Waals surface area contributed by atoms with E-state index in [0.29, 0.717) is 11.7 Å². The van der Waals surface area contributed by atoms with Gasteiger partial charge >= 0.3 is 0 Å². The van der Waals surface area contributed by atoms with Crippen molar-refractivity contribution >= 4 is 5.91 Å². The molecular formula is C19H25N5O2. The summed E-state index contributed by atoms with van der Waals surface area (Å²) >= 11 is 0. The monoisotopic (exact) mass is 355 g/mol. The predicted molar refractivity (Wildman–Crippen MR) is 97.3 cm³/mol. The molecule has 138 valence electrons. The minimum Gasteiger partial charge on any atom is -0.377 e. The van der Waals surface area contributed by atoms with Crippen LogP contribution in [0.2, 0.25) is 0 Å². The summed E-state index contributed by atoms with van der Waals surface area (Å²) in [5, 5.41) is 10.9.